The molecule has 1 fully saturated rings. The van der Waals surface area contributed by atoms with Crippen LogP contribution in [0.3, 0.4) is 0 Å². The second-order valence-electron chi connectivity index (χ2n) is 8.15. The summed E-state index contributed by atoms with van der Waals surface area (Å²) in [6, 6.07) is 7.43. The zero-order chi connectivity index (χ0) is 26.5. The van der Waals surface area contributed by atoms with Crippen molar-refractivity contribution in [2.24, 2.45) is 0 Å². The van der Waals surface area contributed by atoms with Gasteiger partial charge in [0, 0.05) is 49.4 Å². The maximum atomic E-state index is 15.1. The Morgan fingerprint density at radius 1 is 1.31 bits per heavy atom. The van der Waals surface area contributed by atoms with Gasteiger partial charge in [-0.3, -0.25) is 14.4 Å². The summed E-state index contributed by atoms with van der Waals surface area (Å²) in [5.41, 5.74) is 2.60. The van der Waals surface area contributed by atoms with Crippen molar-refractivity contribution < 1.29 is 31.5 Å². The molecule has 194 valence electrons. The van der Waals surface area contributed by atoms with Crippen LogP contribution in [0.15, 0.2) is 46.1 Å². The predicted molar refractivity (Wildman–Crippen MR) is 131 cm³/mol. The molecular weight excluding hydrogens is 517 g/mol. The quantitative estimate of drug-likeness (QED) is 0.434. The van der Waals surface area contributed by atoms with Crippen molar-refractivity contribution in [2.45, 2.75) is 30.8 Å². The zero-order valence-electron chi connectivity index (χ0n) is 19.5. The van der Waals surface area contributed by atoms with Crippen LogP contribution in [-0.2, 0) is 21.4 Å². The lowest BCUT2D eigenvalue weighted by Crippen LogP contribution is -2.35. The Bertz CT molecular complexity index is 1310. The Kier molecular flexibility index (Phi) is 8.93. The van der Waals surface area contributed by atoms with Gasteiger partial charge in [0.05, 0.1) is 5.51 Å². The molecule has 3 aromatic rings. The lowest BCUT2D eigenvalue weighted by Gasteiger charge is -2.29. The van der Waals surface area contributed by atoms with E-state index in [0.29, 0.717) is 13.1 Å². The van der Waals surface area contributed by atoms with Gasteiger partial charge >= 0.3 is 0 Å². The average Bonchev–Trinajstić information content (AvgIpc) is 3.48. The second kappa shape index (κ2) is 11.7. The first kappa shape index (κ1) is 27.4. The Labute approximate surface area is 211 Å². The first-order valence-electron chi connectivity index (χ1n) is 10.7. The fourth-order valence-electron chi connectivity index (χ4n) is 4.11. The second-order valence-corrected chi connectivity index (χ2v) is 10.5. The molecule has 0 spiro atoms. The number of thiazole rings is 1. The molecule has 8 nitrogen and oxygen atoms in total. The molecule has 1 saturated heterocycles. The summed E-state index contributed by atoms with van der Waals surface area (Å²) in [6.45, 7) is 3.13. The van der Waals surface area contributed by atoms with E-state index < -0.39 is 26.6 Å². The molecule has 2 N–H and O–H groups in total. The topological polar surface area (TPSA) is 103 Å². The van der Waals surface area contributed by atoms with Crippen LogP contribution in [0.25, 0.3) is 0 Å². The summed E-state index contributed by atoms with van der Waals surface area (Å²) in [4.78, 5) is 15.1. The number of nitrogens with zero attached hydrogens (tertiary/aromatic N) is 3. The molecule has 1 aliphatic rings. The number of benzene rings is 2. The van der Waals surface area contributed by atoms with Crippen LogP contribution in [0.5, 0.6) is 0 Å². The molecule has 13 heteroatoms. The van der Waals surface area contributed by atoms with Gasteiger partial charge in [-0.05, 0) is 37.1 Å². The van der Waals surface area contributed by atoms with Gasteiger partial charge in [0.2, 0.25) is 0 Å². The summed E-state index contributed by atoms with van der Waals surface area (Å²) in [5.74, 6) is -2.59. The molecule has 1 unspecified atom stereocenters. The molecule has 0 bridgehead atoms. The Balaban J connectivity index is 0.00000115. The summed E-state index contributed by atoms with van der Waals surface area (Å²) >= 11 is 1.15. The van der Waals surface area contributed by atoms with Gasteiger partial charge in [-0.1, -0.05) is 12.1 Å². The summed E-state index contributed by atoms with van der Waals surface area (Å²) in [6.07, 6.45) is 0.750. The van der Waals surface area contributed by atoms with E-state index in [-0.39, 0.29) is 35.4 Å². The summed E-state index contributed by atoms with van der Waals surface area (Å²) < 4.78 is 70.8. The number of aromatic nitrogens is 1. The van der Waals surface area contributed by atoms with Crippen molar-refractivity contribution in [1.29, 1.82) is 0 Å². The van der Waals surface area contributed by atoms with Crippen LogP contribution in [0.2, 0.25) is 0 Å². The Morgan fingerprint density at radius 3 is 2.67 bits per heavy atom. The molecular formula is C23H25F3N4O4S2. The van der Waals surface area contributed by atoms with Crippen LogP contribution in [0.1, 0.15) is 17.5 Å². The molecule has 1 aromatic heterocycles. The minimum Gasteiger partial charge on any atom is -0.483 e. The molecule has 2 aromatic carbocycles. The molecule has 1 aliphatic heterocycles. The van der Waals surface area contributed by atoms with Crippen molar-refractivity contribution in [3.8, 4) is 0 Å². The van der Waals surface area contributed by atoms with Crippen LogP contribution >= 0.6 is 11.3 Å². The predicted octanol–water partition coefficient (Wildman–Crippen LogP) is 4.08. The van der Waals surface area contributed by atoms with Crippen LogP contribution < -0.4 is 9.62 Å². The van der Waals surface area contributed by atoms with Crippen molar-refractivity contribution in [2.75, 3.05) is 29.8 Å². The van der Waals surface area contributed by atoms with Gasteiger partial charge in [-0.25, -0.2) is 26.6 Å². The standard InChI is InChI=1S/C22H23F3N4O2S2.CH2O2/c1-14-19(9-18(24)22(21(14)25)33(30,31)27-20-12-32-13-26-20)28(2)17-6-7-29(11-17)10-15-4-3-5-16(23)8-15;2-1-3/h3-5,8-9,12-13,17,27H,6-7,10-11H2,1-2H3;1H,(H,2,3). The van der Waals surface area contributed by atoms with Gasteiger partial charge in [0.25, 0.3) is 16.5 Å². The first-order chi connectivity index (χ1) is 17.1. The third-order valence-corrected chi connectivity index (χ3v) is 7.78. The summed E-state index contributed by atoms with van der Waals surface area (Å²) in [5, 5.41) is 8.32. The van der Waals surface area contributed by atoms with Crippen molar-refractivity contribution >= 4 is 39.3 Å². The number of carbonyl (C=O) groups is 1. The lowest BCUT2D eigenvalue weighted by molar-refractivity contribution is -0.122. The number of anilines is 2. The summed E-state index contributed by atoms with van der Waals surface area (Å²) in [7, 11) is -2.75. The third kappa shape index (κ3) is 6.33. The van der Waals surface area contributed by atoms with Crippen LogP contribution in [0.4, 0.5) is 24.7 Å². The minimum atomic E-state index is -4.49. The van der Waals surface area contributed by atoms with Crippen molar-refractivity contribution in [1.82, 2.24) is 9.88 Å². The smallest absolute Gasteiger partial charge is 0.290 e. The molecule has 36 heavy (non-hydrogen) atoms. The van der Waals surface area contributed by atoms with Gasteiger partial charge in [-0.2, -0.15) is 0 Å². The maximum absolute atomic E-state index is 15.1. The van der Waals surface area contributed by atoms with E-state index in [0.717, 1.165) is 35.9 Å². The van der Waals surface area contributed by atoms with E-state index >= 15 is 4.39 Å². The highest BCUT2D eigenvalue weighted by Crippen LogP contribution is 2.33. The number of likely N-dealkylation sites (N-methyl/N-ethyl adjacent to an activating group) is 1. The first-order valence-corrected chi connectivity index (χ1v) is 13.2. The largest absolute Gasteiger partial charge is 0.483 e. The number of sulfonamides is 1. The third-order valence-electron chi connectivity index (χ3n) is 5.80. The minimum absolute atomic E-state index is 0.00184. The number of carboxylic acid groups (broad SMARTS) is 1. The Morgan fingerprint density at radius 2 is 2.03 bits per heavy atom. The number of hydrogen-bond acceptors (Lipinski definition) is 7. The monoisotopic (exact) mass is 542 g/mol. The molecule has 4 rings (SSSR count). The SMILES string of the molecule is Cc1c(N(C)C2CCN(Cc3cccc(F)c3)C2)cc(F)c(S(=O)(=O)Nc2cscn2)c1F.O=CO. The van der Waals surface area contributed by atoms with E-state index in [1.165, 1.54) is 29.9 Å². The molecule has 1 atom stereocenters. The maximum Gasteiger partial charge on any atom is 0.290 e. The normalized spacial score (nSPS) is 15.8. The zero-order valence-corrected chi connectivity index (χ0v) is 21.1. The van der Waals surface area contributed by atoms with Crippen molar-refractivity contribution in [3.63, 3.8) is 0 Å². The van der Waals surface area contributed by atoms with E-state index in [1.807, 2.05) is 6.07 Å². The number of likely N-dealkylation sites (tertiary alicyclic amines) is 1. The number of halogens is 3. The van der Waals surface area contributed by atoms with Gasteiger partial charge < -0.3 is 10.0 Å². The van der Waals surface area contributed by atoms with Crippen LogP contribution in [-0.4, -0.2) is 56.1 Å². The van der Waals surface area contributed by atoms with Crippen molar-refractivity contribution in [3.05, 3.63) is 69.8 Å². The Hall–Kier alpha value is -3.16. The lowest BCUT2D eigenvalue weighted by atomic mass is 10.1. The molecule has 0 radical (unpaired) electrons. The van der Waals surface area contributed by atoms with Gasteiger partial charge in [-0.15, -0.1) is 11.3 Å². The van der Waals surface area contributed by atoms with Gasteiger partial charge in [0.1, 0.15) is 11.6 Å². The van der Waals surface area contributed by atoms with Gasteiger partial charge in [0.15, 0.2) is 16.5 Å². The highest BCUT2D eigenvalue weighted by Gasteiger charge is 2.32. The van der Waals surface area contributed by atoms with E-state index in [9.17, 15) is 17.2 Å². The molecule has 2 heterocycles. The number of rotatable bonds is 7. The number of nitrogens with one attached hydrogen (secondary N) is 1. The highest BCUT2D eigenvalue weighted by atomic mass is 32.2. The van der Waals surface area contributed by atoms with E-state index in [4.69, 9.17) is 9.90 Å². The number of hydrogen-bond donors (Lipinski definition) is 2. The molecule has 0 aliphatic carbocycles. The van der Waals surface area contributed by atoms with E-state index in [1.54, 1.807) is 18.0 Å². The fraction of sp³-hybridized carbons (Fsp3) is 0.304. The van der Waals surface area contributed by atoms with Crippen LogP contribution in [0, 0.1) is 24.4 Å². The molecule has 0 amide bonds. The average molecular weight is 543 g/mol. The molecule has 0 saturated carbocycles. The fourth-order valence-corrected chi connectivity index (χ4v) is 5.86. The van der Waals surface area contributed by atoms with E-state index in [2.05, 4.69) is 14.6 Å². The highest BCUT2D eigenvalue weighted by molar-refractivity contribution is 7.92.